The van der Waals surface area contributed by atoms with Gasteiger partial charge >= 0.3 is 5.97 Å². The summed E-state index contributed by atoms with van der Waals surface area (Å²) in [5, 5.41) is 9.23. The van der Waals surface area contributed by atoms with E-state index in [0.29, 0.717) is 27.0 Å². The van der Waals surface area contributed by atoms with E-state index in [1.54, 1.807) is 35.8 Å². The molecule has 0 aliphatic carbocycles. The van der Waals surface area contributed by atoms with E-state index in [1.807, 2.05) is 0 Å². The lowest BCUT2D eigenvalue weighted by Crippen LogP contribution is -2.01. The van der Waals surface area contributed by atoms with E-state index in [2.05, 4.69) is 20.9 Å². The first-order valence-electron chi connectivity index (χ1n) is 6.16. The summed E-state index contributed by atoms with van der Waals surface area (Å²) in [5.74, 6) is -0.949. The quantitative estimate of drug-likeness (QED) is 0.763. The molecule has 0 fully saturated rings. The highest BCUT2D eigenvalue weighted by molar-refractivity contribution is 9.10. The zero-order valence-corrected chi connectivity index (χ0v) is 12.6. The van der Waals surface area contributed by atoms with Gasteiger partial charge in [-0.1, -0.05) is 12.1 Å². The number of carboxylic acids is 1. The van der Waals surface area contributed by atoms with E-state index in [4.69, 9.17) is 0 Å². The molecule has 21 heavy (non-hydrogen) atoms. The molecule has 6 heteroatoms. The van der Waals surface area contributed by atoms with E-state index in [9.17, 15) is 14.3 Å². The maximum absolute atomic E-state index is 14.2. The van der Waals surface area contributed by atoms with Crippen molar-refractivity contribution in [3.8, 4) is 5.69 Å². The molecule has 3 rings (SSSR count). The molecule has 3 aromatic rings. The van der Waals surface area contributed by atoms with Gasteiger partial charge < -0.3 is 5.11 Å². The second-order valence-corrected chi connectivity index (χ2v) is 5.40. The molecule has 0 aliphatic heterocycles. The van der Waals surface area contributed by atoms with Crippen LogP contribution < -0.4 is 0 Å². The number of imidazole rings is 1. The predicted octanol–water partition coefficient (Wildman–Crippen LogP) is 3.93. The number of nitrogens with zero attached hydrogens (tertiary/aromatic N) is 2. The van der Waals surface area contributed by atoms with Gasteiger partial charge in [0.1, 0.15) is 17.2 Å². The number of aryl methyl sites for hydroxylation is 1. The van der Waals surface area contributed by atoms with Crippen LogP contribution in [-0.4, -0.2) is 20.6 Å². The Morgan fingerprint density at radius 1 is 1.29 bits per heavy atom. The summed E-state index contributed by atoms with van der Waals surface area (Å²) in [6.45, 7) is 1.71. The lowest BCUT2D eigenvalue weighted by atomic mass is 10.2. The van der Waals surface area contributed by atoms with Gasteiger partial charge in [-0.2, -0.15) is 0 Å². The van der Waals surface area contributed by atoms with Crippen LogP contribution in [0.15, 0.2) is 40.9 Å². The minimum atomic E-state index is -1.06. The summed E-state index contributed by atoms with van der Waals surface area (Å²) in [5.41, 5.74) is 1.32. The van der Waals surface area contributed by atoms with E-state index in [0.717, 1.165) is 0 Å². The second kappa shape index (κ2) is 4.96. The van der Waals surface area contributed by atoms with Crippen molar-refractivity contribution in [3.63, 3.8) is 0 Å². The molecule has 106 valence electrons. The topological polar surface area (TPSA) is 55.1 Å². The minimum Gasteiger partial charge on any atom is -0.478 e. The smallest absolute Gasteiger partial charge is 0.337 e. The van der Waals surface area contributed by atoms with Gasteiger partial charge in [-0.05, 0) is 47.1 Å². The SMILES string of the molecule is Cc1nc2c(C(=O)O)cccc2n1-c1c(F)cccc1Br. The molecular formula is C15H10BrFN2O2. The zero-order valence-electron chi connectivity index (χ0n) is 11.0. The molecule has 0 saturated carbocycles. The van der Waals surface area contributed by atoms with E-state index in [-0.39, 0.29) is 5.56 Å². The fourth-order valence-electron chi connectivity index (χ4n) is 2.37. The summed E-state index contributed by atoms with van der Waals surface area (Å²) >= 11 is 3.33. The van der Waals surface area contributed by atoms with Crippen LogP contribution >= 0.6 is 15.9 Å². The summed E-state index contributed by atoms with van der Waals surface area (Å²) < 4.78 is 16.4. The van der Waals surface area contributed by atoms with Gasteiger partial charge in [-0.15, -0.1) is 0 Å². The van der Waals surface area contributed by atoms with E-state index < -0.39 is 11.8 Å². The molecular weight excluding hydrogens is 339 g/mol. The number of carbonyl (C=O) groups is 1. The fraction of sp³-hybridized carbons (Fsp3) is 0.0667. The number of rotatable bonds is 2. The third kappa shape index (κ3) is 2.12. The molecule has 0 aliphatic rings. The number of benzene rings is 2. The van der Waals surface area contributed by atoms with E-state index >= 15 is 0 Å². The number of aromatic carboxylic acids is 1. The van der Waals surface area contributed by atoms with Gasteiger partial charge in [0, 0.05) is 4.47 Å². The Balaban J connectivity index is 2.42. The number of aromatic nitrogens is 2. The van der Waals surface area contributed by atoms with Crippen molar-refractivity contribution >= 4 is 32.9 Å². The van der Waals surface area contributed by atoms with Crippen LogP contribution in [-0.2, 0) is 0 Å². The Morgan fingerprint density at radius 2 is 2.00 bits per heavy atom. The maximum Gasteiger partial charge on any atom is 0.337 e. The van der Waals surface area contributed by atoms with Gasteiger partial charge in [0.25, 0.3) is 0 Å². The predicted molar refractivity (Wildman–Crippen MR) is 80.4 cm³/mol. The van der Waals surface area contributed by atoms with Crippen LogP contribution in [0, 0.1) is 12.7 Å². The number of halogens is 2. The first kappa shape index (κ1) is 13.8. The molecule has 0 spiro atoms. The number of para-hydroxylation sites is 2. The molecule has 0 radical (unpaired) electrons. The summed E-state index contributed by atoms with van der Waals surface area (Å²) in [4.78, 5) is 15.6. The molecule has 2 aromatic carbocycles. The zero-order chi connectivity index (χ0) is 15.1. The third-order valence-electron chi connectivity index (χ3n) is 3.24. The monoisotopic (exact) mass is 348 g/mol. The van der Waals surface area contributed by atoms with Crippen LogP contribution in [0.1, 0.15) is 16.2 Å². The largest absolute Gasteiger partial charge is 0.478 e. The summed E-state index contributed by atoms with van der Waals surface area (Å²) in [6, 6.07) is 9.51. The molecule has 0 amide bonds. The molecule has 1 aromatic heterocycles. The molecule has 0 atom stereocenters. The Bertz CT molecular complexity index is 853. The second-order valence-electron chi connectivity index (χ2n) is 4.54. The van der Waals surface area contributed by atoms with Crippen LogP contribution in [0.4, 0.5) is 4.39 Å². The standard InChI is InChI=1S/C15H10BrFN2O2/c1-8-18-13-9(15(20)21)4-2-7-12(13)19(8)14-10(16)5-3-6-11(14)17/h2-7H,1H3,(H,20,21). The summed E-state index contributed by atoms with van der Waals surface area (Å²) in [6.07, 6.45) is 0. The van der Waals surface area contributed by atoms with Crippen molar-refractivity contribution in [1.82, 2.24) is 9.55 Å². The summed E-state index contributed by atoms with van der Waals surface area (Å²) in [7, 11) is 0. The fourth-order valence-corrected chi connectivity index (χ4v) is 2.89. The van der Waals surface area contributed by atoms with Crippen molar-refractivity contribution in [1.29, 1.82) is 0 Å². The van der Waals surface area contributed by atoms with Gasteiger partial charge in [-0.3, -0.25) is 4.57 Å². The van der Waals surface area contributed by atoms with E-state index in [1.165, 1.54) is 12.1 Å². The highest BCUT2D eigenvalue weighted by atomic mass is 79.9. The van der Waals surface area contributed by atoms with Crippen LogP contribution in [0.5, 0.6) is 0 Å². The molecule has 1 heterocycles. The number of fused-ring (bicyclic) bond motifs is 1. The number of carboxylic acid groups (broad SMARTS) is 1. The van der Waals surface area contributed by atoms with Crippen molar-refractivity contribution in [2.24, 2.45) is 0 Å². The maximum atomic E-state index is 14.2. The highest BCUT2D eigenvalue weighted by Crippen LogP contribution is 2.30. The minimum absolute atomic E-state index is 0.0989. The van der Waals surface area contributed by atoms with Gasteiger partial charge in [-0.25, -0.2) is 14.2 Å². The van der Waals surface area contributed by atoms with Crippen LogP contribution in [0.25, 0.3) is 16.7 Å². The van der Waals surface area contributed by atoms with Crippen molar-refractivity contribution in [2.45, 2.75) is 6.92 Å². The first-order valence-corrected chi connectivity index (χ1v) is 6.95. The Morgan fingerprint density at radius 3 is 2.67 bits per heavy atom. The van der Waals surface area contributed by atoms with Crippen LogP contribution in [0.2, 0.25) is 0 Å². The Labute approximate surface area is 128 Å². The highest BCUT2D eigenvalue weighted by Gasteiger charge is 2.19. The normalized spacial score (nSPS) is 11.0. The Hall–Kier alpha value is -2.21. The van der Waals surface area contributed by atoms with Gasteiger partial charge in [0.15, 0.2) is 0 Å². The Kier molecular flexibility index (Phi) is 3.25. The third-order valence-corrected chi connectivity index (χ3v) is 3.88. The molecule has 4 nitrogen and oxygen atoms in total. The average Bonchev–Trinajstić information content (AvgIpc) is 2.75. The lowest BCUT2D eigenvalue weighted by molar-refractivity contribution is 0.0699. The molecule has 1 N–H and O–H groups in total. The molecule has 0 bridgehead atoms. The van der Waals surface area contributed by atoms with Gasteiger partial charge in [0.05, 0.1) is 16.8 Å². The number of hydrogen-bond acceptors (Lipinski definition) is 2. The lowest BCUT2D eigenvalue weighted by Gasteiger charge is -2.10. The first-order chi connectivity index (χ1) is 10.0. The molecule has 0 saturated heterocycles. The number of hydrogen-bond donors (Lipinski definition) is 1. The van der Waals surface area contributed by atoms with Crippen LogP contribution in [0.3, 0.4) is 0 Å². The molecule has 0 unspecified atom stereocenters. The van der Waals surface area contributed by atoms with Gasteiger partial charge in [0.2, 0.25) is 0 Å². The average molecular weight is 349 g/mol. The van der Waals surface area contributed by atoms with Crippen molar-refractivity contribution in [2.75, 3.05) is 0 Å². The van der Waals surface area contributed by atoms with Crippen molar-refractivity contribution < 1.29 is 14.3 Å². The van der Waals surface area contributed by atoms with Crippen molar-refractivity contribution in [3.05, 3.63) is 58.1 Å².